The predicted octanol–water partition coefficient (Wildman–Crippen LogP) is 0.761. The van der Waals surface area contributed by atoms with Crippen LogP contribution in [0.5, 0.6) is 0 Å². The van der Waals surface area contributed by atoms with E-state index in [1.807, 2.05) is 30.3 Å². The van der Waals surface area contributed by atoms with E-state index in [0.717, 1.165) is 12.2 Å². The average Bonchev–Trinajstić information content (AvgIpc) is 2.78. The highest BCUT2D eigenvalue weighted by molar-refractivity contribution is 5.69. The summed E-state index contributed by atoms with van der Waals surface area (Å²) in [5.74, 6) is -0.281. The van der Waals surface area contributed by atoms with Crippen LogP contribution >= 0.6 is 0 Å². The number of esters is 1. The van der Waals surface area contributed by atoms with Gasteiger partial charge in [-0.2, -0.15) is 0 Å². The van der Waals surface area contributed by atoms with Crippen LogP contribution in [0.15, 0.2) is 18.3 Å². The van der Waals surface area contributed by atoms with E-state index in [1.165, 1.54) is 7.11 Å². The average molecular weight is 240 g/mol. The Morgan fingerprint density at radius 3 is 3.00 bits per heavy atom. The molecule has 0 bridgehead atoms. The van der Waals surface area contributed by atoms with Gasteiger partial charge < -0.3 is 14.8 Å². The number of ether oxygens (including phenoxy) is 1. The second-order valence-electron chi connectivity index (χ2n) is 4.16. The summed E-state index contributed by atoms with van der Waals surface area (Å²) in [6.07, 6.45) is 2.06. The van der Waals surface area contributed by atoms with Crippen molar-refractivity contribution < 1.29 is 14.6 Å². The standard InChI is InChI=1S/C12H20N2O3/c1-14(8-10-4-3-7-13-10)9-11(15)5-6-12(16)17-2/h3-4,7,11,13,15H,5-6,8-9H2,1-2H3. The lowest BCUT2D eigenvalue weighted by Gasteiger charge is -2.19. The molecule has 0 spiro atoms. The van der Waals surface area contributed by atoms with E-state index >= 15 is 0 Å². The van der Waals surface area contributed by atoms with Crippen molar-refractivity contribution in [2.75, 3.05) is 20.7 Å². The number of aliphatic hydroxyl groups excluding tert-OH is 1. The summed E-state index contributed by atoms with van der Waals surface area (Å²) in [7, 11) is 3.29. The van der Waals surface area contributed by atoms with E-state index in [1.54, 1.807) is 0 Å². The van der Waals surface area contributed by atoms with E-state index in [4.69, 9.17) is 0 Å². The molecule has 0 radical (unpaired) electrons. The zero-order valence-electron chi connectivity index (χ0n) is 10.3. The van der Waals surface area contributed by atoms with Crippen molar-refractivity contribution in [1.82, 2.24) is 9.88 Å². The number of aromatic nitrogens is 1. The molecule has 1 unspecified atom stereocenters. The number of rotatable bonds is 7. The Labute approximate surface area is 101 Å². The van der Waals surface area contributed by atoms with Crippen molar-refractivity contribution >= 4 is 5.97 Å². The summed E-state index contributed by atoms with van der Waals surface area (Å²) >= 11 is 0. The molecular weight excluding hydrogens is 220 g/mol. The first-order valence-electron chi connectivity index (χ1n) is 5.67. The van der Waals surface area contributed by atoms with Gasteiger partial charge in [0.1, 0.15) is 0 Å². The number of hydrogen-bond donors (Lipinski definition) is 2. The second kappa shape index (κ2) is 7.09. The Bertz CT molecular complexity index is 325. The summed E-state index contributed by atoms with van der Waals surface area (Å²) < 4.78 is 4.52. The zero-order valence-corrected chi connectivity index (χ0v) is 10.3. The molecule has 1 heterocycles. The van der Waals surface area contributed by atoms with Crippen molar-refractivity contribution in [3.63, 3.8) is 0 Å². The van der Waals surface area contributed by atoms with Gasteiger partial charge in [-0.25, -0.2) is 0 Å². The molecule has 0 aliphatic rings. The smallest absolute Gasteiger partial charge is 0.305 e. The minimum Gasteiger partial charge on any atom is -0.469 e. The SMILES string of the molecule is COC(=O)CCC(O)CN(C)Cc1ccc[nH]1. The number of aliphatic hydroxyl groups is 1. The first-order chi connectivity index (χ1) is 8.11. The van der Waals surface area contributed by atoms with Gasteiger partial charge in [0.2, 0.25) is 0 Å². The van der Waals surface area contributed by atoms with Crippen molar-refractivity contribution in [2.24, 2.45) is 0 Å². The number of nitrogens with one attached hydrogen (secondary N) is 1. The van der Waals surface area contributed by atoms with Crippen LogP contribution in [0, 0.1) is 0 Å². The van der Waals surface area contributed by atoms with Gasteiger partial charge in [0.15, 0.2) is 0 Å². The van der Waals surface area contributed by atoms with Crippen LogP contribution in [0.4, 0.5) is 0 Å². The van der Waals surface area contributed by atoms with Crippen LogP contribution in [0.1, 0.15) is 18.5 Å². The Kier molecular flexibility index (Phi) is 5.72. The molecule has 0 aliphatic carbocycles. The van der Waals surface area contributed by atoms with Gasteiger partial charge in [-0.15, -0.1) is 0 Å². The molecule has 0 fully saturated rings. The minimum atomic E-state index is -0.505. The lowest BCUT2D eigenvalue weighted by Crippen LogP contribution is -2.29. The lowest BCUT2D eigenvalue weighted by atomic mass is 10.2. The molecule has 5 heteroatoms. The summed E-state index contributed by atoms with van der Waals surface area (Å²) in [6.45, 7) is 1.29. The highest BCUT2D eigenvalue weighted by Gasteiger charge is 2.11. The summed E-state index contributed by atoms with van der Waals surface area (Å²) in [4.78, 5) is 16.0. The molecule has 0 saturated carbocycles. The summed E-state index contributed by atoms with van der Waals surface area (Å²) in [5.41, 5.74) is 1.10. The predicted molar refractivity (Wildman–Crippen MR) is 64.4 cm³/mol. The fraction of sp³-hybridized carbons (Fsp3) is 0.583. The molecule has 0 saturated heterocycles. The summed E-state index contributed by atoms with van der Waals surface area (Å²) in [6, 6.07) is 3.94. The monoisotopic (exact) mass is 240 g/mol. The Morgan fingerprint density at radius 1 is 1.65 bits per heavy atom. The summed E-state index contributed by atoms with van der Waals surface area (Å²) in [5, 5.41) is 9.73. The van der Waals surface area contributed by atoms with Crippen molar-refractivity contribution in [2.45, 2.75) is 25.5 Å². The largest absolute Gasteiger partial charge is 0.469 e. The van der Waals surface area contributed by atoms with Gasteiger partial charge in [0, 0.05) is 31.4 Å². The third-order valence-electron chi connectivity index (χ3n) is 2.53. The Morgan fingerprint density at radius 2 is 2.41 bits per heavy atom. The van der Waals surface area contributed by atoms with Crippen LogP contribution in [0.25, 0.3) is 0 Å². The number of carbonyl (C=O) groups excluding carboxylic acids is 1. The van der Waals surface area contributed by atoms with E-state index in [2.05, 4.69) is 9.72 Å². The minimum absolute atomic E-state index is 0.258. The van der Waals surface area contributed by atoms with E-state index in [0.29, 0.717) is 13.0 Å². The van der Waals surface area contributed by atoms with Crippen LogP contribution in [0.3, 0.4) is 0 Å². The fourth-order valence-corrected chi connectivity index (χ4v) is 1.66. The van der Waals surface area contributed by atoms with Crippen LogP contribution in [-0.2, 0) is 16.1 Å². The molecule has 0 aromatic carbocycles. The first kappa shape index (κ1) is 13.7. The van der Waals surface area contributed by atoms with Gasteiger partial charge in [-0.1, -0.05) is 0 Å². The molecule has 1 aromatic rings. The molecule has 5 nitrogen and oxygen atoms in total. The van der Waals surface area contributed by atoms with Crippen molar-refractivity contribution in [3.05, 3.63) is 24.0 Å². The number of nitrogens with zero attached hydrogens (tertiary/aromatic N) is 1. The zero-order chi connectivity index (χ0) is 12.7. The third kappa shape index (κ3) is 5.51. The maximum atomic E-state index is 10.9. The molecular formula is C12H20N2O3. The number of aromatic amines is 1. The fourth-order valence-electron chi connectivity index (χ4n) is 1.66. The highest BCUT2D eigenvalue weighted by Crippen LogP contribution is 2.04. The quantitative estimate of drug-likeness (QED) is 0.691. The molecule has 96 valence electrons. The molecule has 1 rings (SSSR count). The van der Waals surface area contributed by atoms with Gasteiger partial charge in [0.25, 0.3) is 0 Å². The van der Waals surface area contributed by atoms with Crippen LogP contribution in [0.2, 0.25) is 0 Å². The molecule has 1 aromatic heterocycles. The van der Waals surface area contributed by atoms with Crippen molar-refractivity contribution in [3.8, 4) is 0 Å². The Hall–Kier alpha value is -1.33. The highest BCUT2D eigenvalue weighted by atomic mass is 16.5. The molecule has 1 atom stereocenters. The normalized spacial score (nSPS) is 12.7. The van der Waals surface area contributed by atoms with Gasteiger partial charge in [-0.05, 0) is 25.6 Å². The molecule has 0 amide bonds. The number of hydrogen-bond acceptors (Lipinski definition) is 4. The maximum Gasteiger partial charge on any atom is 0.305 e. The van der Waals surface area contributed by atoms with E-state index < -0.39 is 6.10 Å². The van der Waals surface area contributed by atoms with Crippen LogP contribution < -0.4 is 0 Å². The number of H-pyrrole nitrogens is 1. The number of likely N-dealkylation sites (N-methyl/N-ethyl adjacent to an activating group) is 1. The maximum absolute atomic E-state index is 10.9. The topological polar surface area (TPSA) is 65.6 Å². The lowest BCUT2D eigenvalue weighted by molar-refractivity contribution is -0.141. The molecule has 2 N–H and O–H groups in total. The molecule has 0 aliphatic heterocycles. The number of carbonyl (C=O) groups is 1. The van der Waals surface area contributed by atoms with E-state index in [-0.39, 0.29) is 12.4 Å². The van der Waals surface area contributed by atoms with Gasteiger partial charge >= 0.3 is 5.97 Å². The number of methoxy groups -OCH3 is 1. The molecule has 17 heavy (non-hydrogen) atoms. The first-order valence-corrected chi connectivity index (χ1v) is 5.67. The van der Waals surface area contributed by atoms with Gasteiger partial charge in [-0.3, -0.25) is 9.69 Å². The second-order valence-corrected chi connectivity index (χ2v) is 4.16. The van der Waals surface area contributed by atoms with E-state index in [9.17, 15) is 9.90 Å². The van der Waals surface area contributed by atoms with Crippen molar-refractivity contribution in [1.29, 1.82) is 0 Å². The van der Waals surface area contributed by atoms with Crippen LogP contribution in [-0.4, -0.2) is 47.8 Å². The Balaban J connectivity index is 2.21. The third-order valence-corrected chi connectivity index (χ3v) is 2.53. The van der Waals surface area contributed by atoms with Gasteiger partial charge in [0.05, 0.1) is 13.2 Å².